The Bertz CT molecular complexity index is 372. The predicted octanol–water partition coefficient (Wildman–Crippen LogP) is 2.88. The summed E-state index contributed by atoms with van der Waals surface area (Å²) in [5.74, 6) is -0.00316. The first-order valence-corrected chi connectivity index (χ1v) is 5.40. The lowest BCUT2D eigenvalue weighted by atomic mass is 10.1. The number of ketones is 1. The van der Waals surface area contributed by atoms with Crippen LogP contribution < -0.4 is 5.73 Å². The van der Waals surface area contributed by atoms with E-state index in [0.29, 0.717) is 11.3 Å². The maximum atomic E-state index is 11.2. The van der Waals surface area contributed by atoms with Crippen molar-refractivity contribution in [3.05, 3.63) is 35.4 Å². The second-order valence-corrected chi connectivity index (χ2v) is 3.61. The molecule has 0 amide bonds. The van der Waals surface area contributed by atoms with Gasteiger partial charge in [0.25, 0.3) is 0 Å². The van der Waals surface area contributed by atoms with Crippen LogP contribution in [0.3, 0.4) is 0 Å². The number of nitrogens with two attached hydrogens (primary N) is 1. The zero-order chi connectivity index (χ0) is 10.6. The molecule has 0 fully saturated rings. The highest BCUT2D eigenvalue weighted by Crippen LogP contribution is 2.15. The minimum atomic E-state index is -0.00316. The van der Waals surface area contributed by atoms with Gasteiger partial charge in [-0.1, -0.05) is 34.1 Å². The molecule has 0 aromatic heterocycles. The molecule has 74 valence electrons. The van der Waals surface area contributed by atoms with Crippen LogP contribution in [0, 0.1) is 0 Å². The Kier molecular flexibility index (Phi) is 3.89. The average molecular weight is 254 g/mol. The number of carbonyl (C=O) groups excluding carboxylic acids is 1. The maximum Gasteiger partial charge on any atom is 0.161 e. The smallest absolute Gasteiger partial charge is 0.161 e. The van der Waals surface area contributed by atoms with E-state index < -0.39 is 0 Å². The van der Waals surface area contributed by atoms with E-state index in [2.05, 4.69) is 15.9 Å². The fourth-order valence-electron chi connectivity index (χ4n) is 1.16. The van der Waals surface area contributed by atoms with Gasteiger partial charge < -0.3 is 5.73 Å². The number of carbonyl (C=O) groups is 1. The second kappa shape index (κ2) is 4.96. The first-order chi connectivity index (χ1) is 6.65. The molecular formula is C11H12BrNO. The monoisotopic (exact) mass is 253 g/mol. The summed E-state index contributed by atoms with van der Waals surface area (Å²) in [6.07, 6.45) is 3.91. The molecular weight excluding hydrogens is 242 g/mol. The first-order valence-electron chi connectivity index (χ1n) is 4.28. The van der Waals surface area contributed by atoms with Crippen molar-refractivity contribution in [2.24, 2.45) is 0 Å². The van der Waals surface area contributed by atoms with Gasteiger partial charge in [-0.05, 0) is 24.6 Å². The van der Waals surface area contributed by atoms with Gasteiger partial charge >= 0.3 is 0 Å². The van der Waals surface area contributed by atoms with Gasteiger partial charge in [0.2, 0.25) is 0 Å². The molecule has 1 aromatic carbocycles. The Morgan fingerprint density at radius 1 is 1.57 bits per heavy atom. The van der Waals surface area contributed by atoms with Gasteiger partial charge in [0.1, 0.15) is 0 Å². The fourth-order valence-corrected chi connectivity index (χ4v) is 1.35. The number of nitrogen functional groups attached to an aromatic ring is 1. The van der Waals surface area contributed by atoms with Crippen molar-refractivity contribution in [2.45, 2.75) is 6.92 Å². The van der Waals surface area contributed by atoms with Crippen molar-refractivity contribution in [1.82, 2.24) is 0 Å². The van der Waals surface area contributed by atoms with Gasteiger partial charge in [0.05, 0.1) is 0 Å². The van der Waals surface area contributed by atoms with Gasteiger partial charge in [-0.25, -0.2) is 0 Å². The lowest BCUT2D eigenvalue weighted by Crippen LogP contribution is -1.99. The third-order valence-electron chi connectivity index (χ3n) is 1.86. The molecule has 14 heavy (non-hydrogen) atoms. The predicted molar refractivity (Wildman–Crippen MR) is 63.7 cm³/mol. The molecule has 0 saturated heterocycles. The van der Waals surface area contributed by atoms with Crippen LogP contribution in [0.1, 0.15) is 22.8 Å². The van der Waals surface area contributed by atoms with Crippen LogP contribution in [0.15, 0.2) is 24.3 Å². The molecule has 3 heteroatoms. The molecule has 0 aliphatic carbocycles. The molecule has 2 nitrogen and oxygen atoms in total. The Morgan fingerprint density at radius 2 is 2.29 bits per heavy atom. The minimum Gasteiger partial charge on any atom is -0.398 e. The zero-order valence-corrected chi connectivity index (χ0v) is 9.54. The summed E-state index contributed by atoms with van der Waals surface area (Å²) < 4.78 is 0. The van der Waals surface area contributed by atoms with Crippen LogP contribution in [-0.2, 0) is 0 Å². The molecule has 0 aliphatic rings. The van der Waals surface area contributed by atoms with E-state index in [1.807, 2.05) is 18.2 Å². The van der Waals surface area contributed by atoms with Crippen molar-refractivity contribution < 1.29 is 4.79 Å². The Balaban J connectivity index is 3.06. The number of rotatable bonds is 3. The average Bonchev–Trinajstić information content (AvgIpc) is 2.16. The summed E-state index contributed by atoms with van der Waals surface area (Å²) in [4.78, 5) is 11.2. The molecule has 0 radical (unpaired) electrons. The van der Waals surface area contributed by atoms with Crippen molar-refractivity contribution in [3.63, 3.8) is 0 Å². The Morgan fingerprint density at radius 3 is 2.86 bits per heavy atom. The standard InChI is InChI=1S/C11H12BrNO/c1-8(14)10-7-9(3-2-6-12)4-5-11(10)13/h2-5,7H,6,13H2,1H3. The molecule has 0 bridgehead atoms. The third-order valence-corrected chi connectivity index (χ3v) is 2.23. The van der Waals surface area contributed by atoms with Crippen molar-refractivity contribution >= 4 is 33.5 Å². The maximum absolute atomic E-state index is 11.2. The molecule has 0 spiro atoms. The van der Waals surface area contributed by atoms with Crippen molar-refractivity contribution in [3.8, 4) is 0 Å². The molecule has 0 atom stereocenters. The molecule has 1 aromatic rings. The molecule has 2 N–H and O–H groups in total. The summed E-state index contributed by atoms with van der Waals surface area (Å²) in [5, 5.41) is 0.798. The van der Waals surface area contributed by atoms with Crippen LogP contribution in [0.2, 0.25) is 0 Å². The topological polar surface area (TPSA) is 43.1 Å². The van der Waals surface area contributed by atoms with E-state index >= 15 is 0 Å². The van der Waals surface area contributed by atoms with E-state index in [0.717, 1.165) is 10.9 Å². The number of hydrogen-bond donors (Lipinski definition) is 1. The highest BCUT2D eigenvalue weighted by atomic mass is 79.9. The summed E-state index contributed by atoms with van der Waals surface area (Å²) >= 11 is 3.29. The zero-order valence-electron chi connectivity index (χ0n) is 7.96. The lowest BCUT2D eigenvalue weighted by molar-refractivity contribution is 0.101. The van der Waals surface area contributed by atoms with E-state index in [1.54, 1.807) is 12.1 Å². The van der Waals surface area contributed by atoms with E-state index in [1.165, 1.54) is 6.92 Å². The normalized spacial score (nSPS) is 10.7. The van der Waals surface area contributed by atoms with Gasteiger partial charge in [-0.2, -0.15) is 0 Å². The number of hydrogen-bond acceptors (Lipinski definition) is 2. The summed E-state index contributed by atoms with van der Waals surface area (Å²) in [5.41, 5.74) is 7.78. The van der Waals surface area contributed by atoms with Crippen LogP contribution in [0.25, 0.3) is 6.08 Å². The third kappa shape index (κ3) is 2.70. The molecule has 0 heterocycles. The Hall–Kier alpha value is -1.09. The molecule has 0 aliphatic heterocycles. The van der Waals surface area contributed by atoms with Crippen LogP contribution in [0.4, 0.5) is 5.69 Å². The van der Waals surface area contributed by atoms with Crippen molar-refractivity contribution in [2.75, 3.05) is 11.1 Å². The quantitative estimate of drug-likeness (QED) is 0.512. The SMILES string of the molecule is CC(=O)c1cc(C=CCBr)ccc1N. The molecule has 0 saturated carbocycles. The van der Waals surface area contributed by atoms with E-state index in [-0.39, 0.29) is 5.78 Å². The second-order valence-electron chi connectivity index (χ2n) is 2.96. The fraction of sp³-hybridized carbons (Fsp3) is 0.182. The number of benzene rings is 1. The van der Waals surface area contributed by atoms with E-state index in [4.69, 9.17) is 5.73 Å². The van der Waals surface area contributed by atoms with Gasteiger partial charge in [-0.3, -0.25) is 4.79 Å². The van der Waals surface area contributed by atoms with Crippen molar-refractivity contribution in [1.29, 1.82) is 0 Å². The van der Waals surface area contributed by atoms with Gasteiger partial charge in [-0.15, -0.1) is 0 Å². The van der Waals surface area contributed by atoms with Crippen LogP contribution >= 0.6 is 15.9 Å². The minimum absolute atomic E-state index is 0.00316. The number of Topliss-reactive ketones (excluding diaryl/α,β-unsaturated/α-hetero) is 1. The highest BCUT2D eigenvalue weighted by Gasteiger charge is 2.03. The molecule has 1 rings (SSSR count). The highest BCUT2D eigenvalue weighted by molar-refractivity contribution is 9.09. The number of anilines is 1. The number of halogens is 1. The number of alkyl halides is 1. The molecule has 0 unspecified atom stereocenters. The van der Waals surface area contributed by atoms with Gasteiger partial charge in [0.15, 0.2) is 5.78 Å². The van der Waals surface area contributed by atoms with E-state index in [9.17, 15) is 4.79 Å². The van der Waals surface area contributed by atoms with Gasteiger partial charge in [0, 0.05) is 16.6 Å². The first kappa shape index (κ1) is 11.0. The van der Waals surface area contributed by atoms with Crippen LogP contribution in [0.5, 0.6) is 0 Å². The largest absolute Gasteiger partial charge is 0.398 e. The summed E-state index contributed by atoms with van der Waals surface area (Å²) in [6.45, 7) is 1.52. The Labute approximate surface area is 91.9 Å². The van der Waals surface area contributed by atoms with Crippen LogP contribution in [-0.4, -0.2) is 11.1 Å². The lowest BCUT2D eigenvalue weighted by Gasteiger charge is -2.02. The number of allylic oxidation sites excluding steroid dienone is 1. The summed E-state index contributed by atoms with van der Waals surface area (Å²) in [7, 11) is 0. The summed E-state index contributed by atoms with van der Waals surface area (Å²) in [6, 6.07) is 5.45.